The van der Waals surface area contributed by atoms with Crippen molar-refractivity contribution in [3.05, 3.63) is 62.1 Å². The van der Waals surface area contributed by atoms with E-state index in [1.807, 2.05) is 0 Å². The molecule has 0 aromatic heterocycles. The van der Waals surface area contributed by atoms with Crippen molar-refractivity contribution < 1.29 is 14.7 Å². The highest BCUT2D eigenvalue weighted by Gasteiger charge is 2.34. The summed E-state index contributed by atoms with van der Waals surface area (Å²) in [6.07, 6.45) is 1.29. The van der Waals surface area contributed by atoms with E-state index in [2.05, 4.69) is 21.4 Å². The summed E-state index contributed by atoms with van der Waals surface area (Å²) < 4.78 is 0.363. The van der Waals surface area contributed by atoms with Crippen LogP contribution in [0.3, 0.4) is 0 Å². The molecule has 2 aromatic rings. The van der Waals surface area contributed by atoms with E-state index in [0.29, 0.717) is 20.2 Å². The van der Waals surface area contributed by atoms with Gasteiger partial charge in [-0.05, 0) is 58.4 Å². The van der Waals surface area contributed by atoms with Crippen molar-refractivity contribution in [1.29, 1.82) is 0 Å². The van der Waals surface area contributed by atoms with Gasteiger partial charge in [0.15, 0.2) is 0 Å². The summed E-state index contributed by atoms with van der Waals surface area (Å²) in [4.78, 5) is 24.6. The quantitative estimate of drug-likeness (QED) is 0.563. The lowest BCUT2D eigenvalue weighted by atomic mass is 10.1. The molecule has 0 radical (unpaired) electrons. The van der Waals surface area contributed by atoms with Crippen LogP contribution in [0.15, 0.2) is 46.4 Å². The summed E-state index contributed by atoms with van der Waals surface area (Å²) in [5, 5.41) is 12.0. The van der Waals surface area contributed by atoms with E-state index >= 15 is 0 Å². The molecule has 0 aliphatic carbocycles. The molecule has 3 rings (SSSR count). The number of aromatic hydroxyl groups is 1. The molecule has 2 N–H and O–H groups in total. The number of hydrazine groups is 1. The maximum Gasteiger partial charge on any atom is 0.282 e. The van der Waals surface area contributed by atoms with Crippen LogP contribution in [0, 0.1) is 0 Å². The Morgan fingerprint density at radius 1 is 1.08 bits per heavy atom. The van der Waals surface area contributed by atoms with Crippen molar-refractivity contribution in [3.8, 4) is 5.75 Å². The van der Waals surface area contributed by atoms with Crippen LogP contribution in [-0.4, -0.2) is 16.9 Å². The minimum atomic E-state index is -0.578. The Hall–Kier alpha value is -2.02. The lowest BCUT2D eigenvalue weighted by Gasteiger charge is -2.14. The van der Waals surface area contributed by atoms with Crippen molar-refractivity contribution in [2.24, 2.45) is 0 Å². The third kappa shape index (κ3) is 3.13. The molecule has 24 heavy (non-hydrogen) atoms. The highest BCUT2D eigenvalue weighted by atomic mass is 79.9. The van der Waals surface area contributed by atoms with E-state index < -0.39 is 11.8 Å². The Kier molecular flexibility index (Phi) is 4.54. The molecular weight excluding hydrogens is 419 g/mol. The minimum Gasteiger partial charge on any atom is -0.506 e. The number of phenolic OH excluding ortho intramolecular Hbond substituents is 1. The number of nitrogens with one attached hydrogen (secondary N) is 1. The normalized spacial score (nSPS) is 16.0. The van der Waals surface area contributed by atoms with Crippen LogP contribution in [0.2, 0.25) is 10.0 Å². The lowest BCUT2D eigenvalue weighted by Crippen LogP contribution is -2.35. The van der Waals surface area contributed by atoms with Gasteiger partial charge in [0.25, 0.3) is 11.8 Å². The van der Waals surface area contributed by atoms with Crippen molar-refractivity contribution in [1.82, 2.24) is 5.43 Å². The van der Waals surface area contributed by atoms with E-state index in [1.54, 1.807) is 24.3 Å². The summed E-state index contributed by atoms with van der Waals surface area (Å²) in [6, 6.07) is 9.40. The van der Waals surface area contributed by atoms with Crippen LogP contribution >= 0.6 is 39.1 Å². The Labute approximate surface area is 155 Å². The Balaban J connectivity index is 1.99. The first-order valence-corrected chi connectivity index (χ1v) is 8.22. The third-order valence-corrected chi connectivity index (χ3v) is 4.41. The fourth-order valence-electron chi connectivity index (χ4n) is 2.18. The second kappa shape index (κ2) is 6.47. The number of nitrogens with zero attached hydrogens (tertiary/aromatic N) is 1. The van der Waals surface area contributed by atoms with Crippen molar-refractivity contribution in [2.45, 2.75) is 0 Å². The standard InChI is InChI=1S/C16H9BrCl2N2O3/c17-13-7-10(19)5-8(14(13)22)6-12-15(23)20-21(16(12)24)11-3-1-9(18)2-4-11/h1-7,22H,(H,20,23). The van der Waals surface area contributed by atoms with Gasteiger partial charge in [-0.15, -0.1) is 0 Å². The topological polar surface area (TPSA) is 69.6 Å². The zero-order valence-electron chi connectivity index (χ0n) is 11.9. The fraction of sp³-hybridized carbons (Fsp3) is 0. The van der Waals surface area contributed by atoms with Crippen LogP contribution in [0.1, 0.15) is 5.56 Å². The number of hydrogen-bond donors (Lipinski definition) is 2. The Morgan fingerprint density at radius 2 is 1.75 bits per heavy atom. The second-order valence-corrected chi connectivity index (χ2v) is 6.67. The van der Waals surface area contributed by atoms with Gasteiger partial charge in [-0.1, -0.05) is 23.2 Å². The zero-order chi connectivity index (χ0) is 17.4. The van der Waals surface area contributed by atoms with E-state index in [0.717, 1.165) is 5.01 Å². The smallest absolute Gasteiger partial charge is 0.282 e. The number of carbonyl (C=O) groups excluding carboxylic acids is 2. The van der Waals surface area contributed by atoms with Crippen molar-refractivity contribution in [3.63, 3.8) is 0 Å². The average Bonchev–Trinajstić information content (AvgIpc) is 2.81. The molecule has 122 valence electrons. The molecule has 1 fully saturated rings. The predicted octanol–water partition coefficient (Wildman–Crippen LogP) is 3.92. The molecule has 1 heterocycles. The molecule has 0 unspecified atom stereocenters. The van der Waals surface area contributed by atoms with Crippen LogP contribution < -0.4 is 10.4 Å². The fourth-order valence-corrected chi connectivity index (χ4v) is 3.14. The molecule has 0 atom stereocenters. The highest BCUT2D eigenvalue weighted by Crippen LogP contribution is 2.33. The maximum absolute atomic E-state index is 12.5. The molecule has 1 aliphatic heterocycles. The third-order valence-electron chi connectivity index (χ3n) is 3.33. The van der Waals surface area contributed by atoms with E-state index in [4.69, 9.17) is 23.2 Å². The number of hydrogen-bond acceptors (Lipinski definition) is 3. The van der Waals surface area contributed by atoms with Gasteiger partial charge >= 0.3 is 0 Å². The number of anilines is 1. The van der Waals surface area contributed by atoms with Crippen molar-refractivity contribution in [2.75, 3.05) is 5.01 Å². The maximum atomic E-state index is 12.5. The highest BCUT2D eigenvalue weighted by molar-refractivity contribution is 9.10. The molecule has 0 saturated carbocycles. The molecule has 0 spiro atoms. The van der Waals surface area contributed by atoms with E-state index in [1.165, 1.54) is 18.2 Å². The minimum absolute atomic E-state index is 0.113. The van der Waals surface area contributed by atoms with Gasteiger partial charge in [-0.3, -0.25) is 15.0 Å². The molecule has 1 aliphatic rings. The summed E-state index contributed by atoms with van der Waals surface area (Å²) >= 11 is 14.9. The van der Waals surface area contributed by atoms with E-state index in [-0.39, 0.29) is 16.9 Å². The van der Waals surface area contributed by atoms with Gasteiger partial charge < -0.3 is 5.11 Å². The van der Waals surface area contributed by atoms with Crippen LogP contribution in [0.25, 0.3) is 6.08 Å². The average molecular weight is 428 g/mol. The molecule has 8 heteroatoms. The lowest BCUT2D eigenvalue weighted by molar-refractivity contribution is -0.117. The number of benzene rings is 2. The number of carbonyl (C=O) groups is 2. The van der Waals surface area contributed by atoms with Crippen LogP contribution in [-0.2, 0) is 9.59 Å². The van der Waals surface area contributed by atoms with Gasteiger partial charge in [0.2, 0.25) is 0 Å². The number of phenols is 1. The van der Waals surface area contributed by atoms with Gasteiger partial charge in [0, 0.05) is 15.6 Å². The summed E-state index contributed by atoms with van der Waals surface area (Å²) in [5.41, 5.74) is 3.07. The molecule has 2 amide bonds. The monoisotopic (exact) mass is 426 g/mol. The van der Waals surface area contributed by atoms with Crippen LogP contribution in [0.5, 0.6) is 5.75 Å². The first-order chi connectivity index (χ1) is 11.4. The molecule has 1 saturated heterocycles. The van der Waals surface area contributed by atoms with Gasteiger partial charge in [0.1, 0.15) is 11.3 Å². The van der Waals surface area contributed by atoms with Gasteiger partial charge in [-0.25, -0.2) is 5.01 Å². The first-order valence-electron chi connectivity index (χ1n) is 6.67. The second-order valence-electron chi connectivity index (χ2n) is 4.94. The Morgan fingerprint density at radius 3 is 2.42 bits per heavy atom. The van der Waals surface area contributed by atoms with Crippen LogP contribution in [0.4, 0.5) is 5.69 Å². The summed E-state index contributed by atoms with van der Waals surface area (Å²) in [5.74, 6) is -1.24. The van der Waals surface area contributed by atoms with Gasteiger partial charge in [-0.2, -0.15) is 0 Å². The first kappa shape index (κ1) is 16.8. The molecule has 2 aromatic carbocycles. The molecule has 0 bridgehead atoms. The SMILES string of the molecule is O=C1NN(c2ccc(Cl)cc2)C(=O)C1=Cc1cc(Cl)cc(Br)c1O. The van der Waals surface area contributed by atoms with Crippen molar-refractivity contribution >= 4 is 62.7 Å². The molecular formula is C16H9BrCl2N2O3. The number of rotatable bonds is 2. The molecule has 5 nitrogen and oxygen atoms in total. The Bertz CT molecular complexity index is 882. The van der Waals surface area contributed by atoms with Gasteiger partial charge in [0.05, 0.1) is 10.2 Å². The zero-order valence-corrected chi connectivity index (χ0v) is 15.0. The summed E-state index contributed by atoms with van der Waals surface area (Å²) in [6.45, 7) is 0. The predicted molar refractivity (Wildman–Crippen MR) is 95.9 cm³/mol. The largest absolute Gasteiger partial charge is 0.506 e. The van der Waals surface area contributed by atoms with E-state index in [9.17, 15) is 14.7 Å². The number of halogens is 3. The summed E-state index contributed by atoms with van der Waals surface area (Å²) in [7, 11) is 0. The number of amides is 2.